The first-order valence-corrected chi connectivity index (χ1v) is 5.61. The lowest BCUT2D eigenvalue weighted by Crippen LogP contribution is -2.10. The number of hydrogen-bond acceptors (Lipinski definition) is 4. The summed E-state index contributed by atoms with van der Waals surface area (Å²) in [6, 6.07) is 8.91. The Labute approximate surface area is 108 Å². The van der Waals surface area contributed by atoms with Gasteiger partial charge in [0.1, 0.15) is 18.9 Å². The van der Waals surface area contributed by atoms with E-state index in [1.807, 2.05) is 12.1 Å². The van der Waals surface area contributed by atoms with Crippen LogP contribution in [-0.4, -0.2) is 20.7 Å². The molecule has 0 bridgehead atoms. The number of nitrogens with one attached hydrogen (secondary N) is 1. The van der Waals surface area contributed by atoms with Crippen molar-refractivity contribution >= 4 is 11.6 Å². The highest BCUT2D eigenvalue weighted by Gasteiger charge is 2.07. The van der Waals surface area contributed by atoms with Crippen molar-refractivity contribution in [3.05, 3.63) is 61.1 Å². The molecule has 19 heavy (non-hydrogen) atoms. The fourth-order valence-electron chi connectivity index (χ4n) is 1.64. The van der Waals surface area contributed by atoms with Crippen molar-refractivity contribution < 1.29 is 9.21 Å². The molecule has 0 spiro atoms. The molecule has 6 nitrogen and oxygen atoms in total. The van der Waals surface area contributed by atoms with Crippen LogP contribution in [0.25, 0.3) is 5.69 Å². The highest BCUT2D eigenvalue weighted by Crippen LogP contribution is 2.13. The van der Waals surface area contributed by atoms with Gasteiger partial charge in [-0.2, -0.15) is 5.10 Å². The zero-order valence-corrected chi connectivity index (χ0v) is 9.85. The second-order valence-electron chi connectivity index (χ2n) is 3.85. The first-order chi connectivity index (χ1) is 9.33. The molecule has 0 saturated heterocycles. The summed E-state index contributed by atoms with van der Waals surface area (Å²) in [7, 11) is 0. The van der Waals surface area contributed by atoms with Crippen LogP contribution in [0, 0.1) is 0 Å². The zero-order valence-electron chi connectivity index (χ0n) is 9.85. The van der Waals surface area contributed by atoms with Crippen molar-refractivity contribution in [2.45, 2.75) is 0 Å². The van der Waals surface area contributed by atoms with Gasteiger partial charge in [-0.15, -0.1) is 0 Å². The molecule has 1 N–H and O–H groups in total. The van der Waals surface area contributed by atoms with Gasteiger partial charge >= 0.3 is 0 Å². The summed E-state index contributed by atoms with van der Waals surface area (Å²) in [5.41, 5.74) is 2.06. The maximum atomic E-state index is 11.8. The molecule has 0 fully saturated rings. The third kappa shape index (κ3) is 2.37. The Morgan fingerprint density at radius 3 is 2.68 bits per heavy atom. The summed E-state index contributed by atoms with van der Waals surface area (Å²) in [5.74, 6) is -0.206. The molecule has 0 aliphatic rings. The van der Waals surface area contributed by atoms with Crippen LogP contribution >= 0.6 is 0 Å². The van der Waals surface area contributed by atoms with Crippen molar-refractivity contribution in [1.29, 1.82) is 0 Å². The number of nitrogens with zero attached hydrogens (tertiary/aromatic N) is 3. The quantitative estimate of drug-likeness (QED) is 0.776. The van der Waals surface area contributed by atoms with E-state index in [0.29, 0.717) is 11.3 Å². The molecule has 0 aliphatic carbocycles. The van der Waals surface area contributed by atoms with Gasteiger partial charge in [0.05, 0.1) is 17.5 Å². The van der Waals surface area contributed by atoms with E-state index in [2.05, 4.69) is 15.4 Å². The largest absolute Gasteiger partial charge is 0.472 e. The Morgan fingerprint density at radius 2 is 2.05 bits per heavy atom. The highest BCUT2D eigenvalue weighted by atomic mass is 16.3. The first kappa shape index (κ1) is 11.2. The lowest BCUT2D eigenvalue weighted by Gasteiger charge is -2.05. The van der Waals surface area contributed by atoms with E-state index >= 15 is 0 Å². The Hall–Kier alpha value is -2.89. The van der Waals surface area contributed by atoms with Crippen LogP contribution in [0.4, 0.5) is 5.69 Å². The first-order valence-electron chi connectivity index (χ1n) is 5.61. The molecule has 1 aromatic carbocycles. The Morgan fingerprint density at radius 1 is 1.21 bits per heavy atom. The molecule has 0 unspecified atom stereocenters. The van der Waals surface area contributed by atoms with Crippen LogP contribution < -0.4 is 5.32 Å². The minimum absolute atomic E-state index is 0.206. The molecule has 1 amide bonds. The highest BCUT2D eigenvalue weighted by molar-refractivity contribution is 6.03. The summed E-state index contributed by atoms with van der Waals surface area (Å²) in [5, 5.41) is 6.80. The van der Waals surface area contributed by atoms with E-state index in [0.717, 1.165) is 5.69 Å². The van der Waals surface area contributed by atoms with Gasteiger partial charge in [0.15, 0.2) is 0 Å². The van der Waals surface area contributed by atoms with Crippen LogP contribution in [0.1, 0.15) is 10.4 Å². The molecule has 6 heteroatoms. The number of carbonyl (C=O) groups excluding carboxylic acids is 1. The lowest BCUT2D eigenvalue weighted by molar-refractivity contribution is 0.102. The molecule has 0 aliphatic heterocycles. The topological polar surface area (TPSA) is 73.0 Å². The predicted octanol–water partition coefficient (Wildman–Crippen LogP) is 2.11. The average molecular weight is 254 g/mol. The van der Waals surface area contributed by atoms with Gasteiger partial charge in [-0.05, 0) is 30.3 Å². The molecule has 0 radical (unpaired) electrons. The van der Waals surface area contributed by atoms with Crippen LogP contribution in [0.15, 0.2) is 59.9 Å². The number of hydrogen-bond donors (Lipinski definition) is 1. The van der Waals surface area contributed by atoms with Crippen molar-refractivity contribution in [3.63, 3.8) is 0 Å². The lowest BCUT2D eigenvalue weighted by atomic mass is 10.2. The fraction of sp³-hybridized carbons (Fsp3) is 0. The molecule has 2 aromatic heterocycles. The van der Waals surface area contributed by atoms with Crippen molar-refractivity contribution in [3.8, 4) is 5.69 Å². The Kier molecular flexibility index (Phi) is 2.82. The minimum atomic E-state index is -0.206. The Balaban J connectivity index is 1.75. The number of rotatable bonds is 3. The molecule has 2 heterocycles. The zero-order chi connectivity index (χ0) is 13.1. The van der Waals surface area contributed by atoms with Crippen LogP contribution in [0.3, 0.4) is 0 Å². The molecule has 3 aromatic rings. The van der Waals surface area contributed by atoms with Gasteiger partial charge in [0.2, 0.25) is 0 Å². The maximum absolute atomic E-state index is 11.8. The summed E-state index contributed by atoms with van der Waals surface area (Å²) in [4.78, 5) is 15.7. The monoisotopic (exact) mass is 254 g/mol. The molecule has 94 valence electrons. The summed E-state index contributed by atoms with van der Waals surface area (Å²) >= 11 is 0. The Bertz CT molecular complexity index is 657. The average Bonchev–Trinajstić information content (AvgIpc) is 3.13. The van der Waals surface area contributed by atoms with Crippen LogP contribution in [0.5, 0.6) is 0 Å². The normalized spacial score (nSPS) is 10.3. The van der Waals surface area contributed by atoms with Gasteiger partial charge in [-0.3, -0.25) is 4.79 Å². The second-order valence-corrected chi connectivity index (χ2v) is 3.85. The van der Waals surface area contributed by atoms with Gasteiger partial charge in [0.25, 0.3) is 5.91 Å². The second kappa shape index (κ2) is 4.77. The van der Waals surface area contributed by atoms with Gasteiger partial charge in [-0.1, -0.05) is 0 Å². The molecule has 0 saturated carbocycles. The summed E-state index contributed by atoms with van der Waals surface area (Å²) in [6.07, 6.45) is 5.94. The van der Waals surface area contributed by atoms with Crippen molar-refractivity contribution in [1.82, 2.24) is 14.8 Å². The van der Waals surface area contributed by atoms with Gasteiger partial charge in [0, 0.05) is 5.69 Å². The molecular weight excluding hydrogens is 244 g/mol. The van der Waals surface area contributed by atoms with E-state index in [1.54, 1.807) is 29.2 Å². The number of amides is 1. The maximum Gasteiger partial charge on any atom is 0.258 e. The summed E-state index contributed by atoms with van der Waals surface area (Å²) in [6.45, 7) is 0. The third-order valence-electron chi connectivity index (χ3n) is 2.59. The van der Waals surface area contributed by atoms with E-state index < -0.39 is 0 Å². The molecular formula is C13H10N4O2. The SMILES string of the molecule is O=C(Nc1ccc(-n2cncn2)cc1)c1ccoc1. The van der Waals surface area contributed by atoms with Crippen molar-refractivity contribution in [2.24, 2.45) is 0 Å². The summed E-state index contributed by atoms with van der Waals surface area (Å²) < 4.78 is 6.50. The predicted molar refractivity (Wildman–Crippen MR) is 68.0 cm³/mol. The third-order valence-corrected chi connectivity index (χ3v) is 2.59. The molecule has 0 atom stereocenters. The van der Waals surface area contributed by atoms with E-state index in [-0.39, 0.29) is 5.91 Å². The van der Waals surface area contributed by atoms with E-state index in [1.165, 1.54) is 18.9 Å². The van der Waals surface area contributed by atoms with Crippen LogP contribution in [0.2, 0.25) is 0 Å². The van der Waals surface area contributed by atoms with Crippen molar-refractivity contribution in [2.75, 3.05) is 5.32 Å². The number of anilines is 1. The van der Waals surface area contributed by atoms with Gasteiger partial charge in [-0.25, -0.2) is 9.67 Å². The standard InChI is InChI=1S/C13H10N4O2/c18-13(10-5-6-19-7-10)16-11-1-3-12(4-2-11)17-9-14-8-15-17/h1-9H,(H,16,18). The minimum Gasteiger partial charge on any atom is -0.472 e. The van der Waals surface area contributed by atoms with E-state index in [9.17, 15) is 4.79 Å². The van der Waals surface area contributed by atoms with Crippen LogP contribution in [-0.2, 0) is 0 Å². The van der Waals surface area contributed by atoms with E-state index in [4.69, 9.17) is 4.42 Å². The number of carbonyl (C=O) groups is 1. The number of aromatic nitrogens is 3. The fourth-order valence-corrected chi connectivity index (χ4v) is 1.64. The molecule has 3 rings (SSSR count). The number of benzene rings is 1. The number of furan rings is 1. The van der Waals surface area contributed by atoms with Gasteiger partial charge < -0.3 is 9.73 Å². The smallest absolute Gasteiger partial charge is 0.258 e.